The van der Waals surface area contributed by atoms with E-state index in [1.165, 1.54) is 6.07 Å². The molecule has 0 aliphatic carbocycles. The summed E-state index contributed by atoms with van der Waals surface area (Å²) in [5.41, 5.74) is 8.59. The van der Waals surface area contributed by atoms with Crippen LogP contribution in [-0.4, -0.2) is 0 Å². The number of para-hydroxylation sites is 1. The molecule has 2 rings (SSSR count). The van der Waals surface area contributed by atoms with Crippen LogP contribution in [0.25, 0.3) is 0 Å². The summed E-state index contributed by atoms with van der Waals surface area (Å²) >= 11 is 3.30. The first kappa shape index (κ1) is 11.9. The van der Waals surface area contributed by atoms with E-state index in [-0.39, 0.29) is 5.82 Å². The number of hydrogen-bond acceptors (Lipinski definition) is 2. The average molecular weight is 295 g/mol. The summed E-state index contributed by atoms with van der Waals surface area (Å²) in [6, 6.07) is 10.4. The molecule has 2 nitrogen and oxygen atoms in total. The van der Waals surface area contributed by atoms with E-state index in [2.05, 4.69) is 21.2 Å². The second-order valence-corrected chi connectivity index (χ2v) is 4.67. The zero-order valence-electron chi connectivity index (χ0n) is 9.30. The number of nitrogen functional groups attached to an aromatic ring is 1. The number of benzene rings is 2. The average Bonchev–Trinajstić information content (AvgIpc) is 2.28. The van der Waals surface area contributed by atoms with Gasteiger partial charge < -0.3 is 11.1 Å². The molecule has 0 aliphatic heterocycles. The number of halogens is 2. The molecule has 0 bridgehead atoms. The van der Waals surface area contributed by atoms with Gasteiger partial charge in [0.15, 0.2) is 0 Å². The Bertz CT molecular complexity index is 535. The summed E-state index contributed by atoms with van der Waals surface area (Å²) in [5, 5.41) is 3.00. The molecule has 88 valence electrons. The van der Waals surface area contributed by atoms with Gasteiger partial charge in [0.1, 0.15) is 5.82 Å². The lowest BCUT2D eigenvalue weighted by Crippen LogP contribution is -1.99. The smallest absolute Gasteiger partial charge is 0.147 e. The highest BCUT2D eigenvalue weighted by atomic mass is 79.9. The first-order chi connectivity index (χ1) is 8.08. The zero-order chi connectivity index (χ0) is 12.4. The van der Waals surface area contributed by atoms with Crippen molar-refractivity contribution in [3.05, 3.63) is 52.3 Å². The van der Waals surface area contributed by atoms with Crippen molar-refractivity contribution in [2.45, 2.75) is 6.92 Å². The number of nitrogens with one attached hydrogen (secondary N) is 1. The molecule has 0 atom stereocenters. The van der Waals surface area contributed by atoms with E-state index in [9.17, 15) is 4.39 Å². The summed E-state index contributed by atoms with van der Waals surface area (Å²) in [6.07, 6.45) is 0. The summed E-state index contributed by atoms with van der Waals surface area (Å²) < 4.78 is 14.3. The van der Waals surface area contributed by atoms with Gasteiger partial charge in [-0.25, -0.2) is 4.39 Å². The van der Waals surface area contributed by atoms with Gasteiger partial charge >= 0.3 is 0 Å². The Hall–Kier alpha value is -1.55. The Morgan fingerprint density at radius 2 is 2.00 bits per heavy atom. The highest BCUT2D eigenvalue weighted by Gasteiger charge is 2.08. The maximum atomic E-state index is 13.6. The predicted molar refractivity (Wildman–Crippen MR) is 73.0 cm³/mol. The minimum Gasteiger partial charge on any atom is -0.397 e. The Balaban J connectivity index is 2.41. The van der Waals surface area contributed by atoms with E-state index in [0.717, 1.165) is 5.56 Å². The van der Waals surface area contributed by atoms with Crippen LogP contribution in [0.5, 0.6) is 0 Å². The lowest BCUT2D eigenvalue weighted by atomic mass is 10.2. The minimum atomic E-state index is -0.319. The third kappa shape index (κ3) is 2.58. The van der Waals surface area contributed by atoms with Crippen LogP contribution in [-0.2, 0) is 0 Å². The topological polar surface area (TPSA) is 38.0 Å². The van der Waals surface area contributed by atoms with Gasteiger partial charge in [-0.2, -0.15) is 0 Å². The molecule has 0 saturated heterocycles. The fourth-order valence-electron chi connectivity index (χ4n) is 1.53. The molecule has 0 spiro atoms. The Labute approximate surface area is 108 Å². The van der Waals surface area contributed by atoms with Crippen molar-refractivity contribution in [3.8, 4) is 0 Å². The zero-order valence-corrected chi connectivity index (χ0v) is 10.9. The van der Waals surface area contributed by atoms with Crippen molar-refractivity contribution in [1.29, 1.82) is 0 Å². The molecule has 0 amide bonds. The molecule has 0 aliphatic rings. The summed E-state index contributed by atoms with van der Waals surface area (Å²) in [6.45, 7) is 1.96. The summed E-state index contributed by atoms with van der Waals surface area (Å²) in [4.78, 5) is 0. The van der Waals surface area contributed by atoms with Crippen LogP contribution in [0.3, 0.4) is 0 Å². The van der Waals surface area contributed by atoms with Crippen LogP contribution in [0, 0.1) is 12.7 Å². The molecule has 0 heterocycles. The molecular weight excluding hydrogens is 283 g/mol. The highest BCUT2D eigenvalue weighted by molar-refractivity contribution is 9.10. The van der Waals surface area contributed by atoms with Crippen molar-refractivity contribution in [1.82, 2.24) is 0 Å². The maximum absolute atomic E-state index is 13.6. The van der Waals surface area contributed by atoms with Gasteiger partial charge in [0.2, 0.25) is 0 Å². The Morgan fingerprint density at radius 3 is 2.71 bits per heavy atom. The minimum absolute atomic E-state index is 0.319. The second-order valence-electron chi connectivity index (χ2n) is 3.81. The van der Waals surface area contributed by atoms with Gasteiger partial charge in [0, 0.05) is 4.47 Å². The third-order valence-electron chi connectivity index (χ3n) is 2.43. The molecule has 0 aromatic heterocycles. The molecule has 4 heteroatoms. The van der Waals surface area contributed by atoms with E-state index < -0.39 is 0 Å². The van der Waals surface area contributed by atoms with Crippen LogP contribution in [0.15, 0.2) is 40.9 Å². The standard InChI is InChI=1S/C13H12BrFN2/c1-8-5-6-11(16)12(7-8)17-13-9(14)3-2-4-10(13)15/h2-7,17H,16H2,1H3. The first-order valence-corrected chi connectivity index (χ1v) is 5.94. The van der Waals surface area contributed by atoms with E-state index in [0.29, 0.717) is 21.5 Å². The van der Waals surface area contributed by atoms with Crippen molar-refractivity contribution in [3.63, 3.8) is 0 Å². The number of aryl methyl sites for hydroxylation is 1. The summed E-state index contributed by atoms with van der Waals surface area (Å²) in [5.74, 6) is -0.319. The van der Waals surface area contributed by atoms with Gasteiger partial charge in [-0.3, -0.25) is 0 Å². The summed E-state index contributed by atoms with van der Waals surface area (Å²) in [7, 11) is 0. The molecule has 0 fully saturated rings. The van der Waals surface area contributed by atoms with Gasteiger partial charge in [-0.15, -0.1) is 0 Å². The van der Waals surface area contributed by atoms with Crippen molar-refractivity contribution >= 4 is 33.0 Å². The lowest BCUT2D eigenvalue weighted by molar-refractivity contribution is 0.631. The van der Waals surface area contributed by atoms with Gasteiger partial charge in [0.05, 0.1) is 17.1 Å². The molecule has 2 aromatic rings. The quantitative estimate of drug-likeness (QED) is 0.814. The molecule has 0 saturated carbocycles. The highest BCUT2D eigenvalue weighted by Crippen LogP contribution is 2.31. The normalized spacial score (nSPS) is 10.3. The van der Waals surface area contributed by atoms with Gasteiger partial charge in [0.25, 0.3) is 0 Å². The number of anilines is 3. The van der Waals surface area contributed by atoms with Crippen molar-refractivity contribution in [2.75, 3.05) is 11.1 Å². The molecule has 0 radical (unpaired) electrons. The van der Waals surface area contributed by atoms with E-state index in [1.54, 1.807) is 18.2 Å². The van der Waals surface area contributed by atoms with E-state index >= 15 is 0 Å². The number of rotatable bonds is 2. The fourth-order valence-corrected chi connectivity index (χ4v) is 1.97. The molecule has 3 N–H and O–H groups in total. The van der Waals surface area contributed by atoms with Crippen LogP contribution in [0.1, 0.15) is 5.56 Å². The fraction of sp³-hybridized carbons (Fsp3) is 0.0769. The van der Waals surface area contributed by atoms with Crippen LogP contribution < -0.4 is 11.1 Å². The number of hydrogen-bond donors (Lipinski definition) is 2. The molecule has 0 unspecified atom stereocenters. The SMILES string of the molecule is Cc1ccc(N)c(Nc2c(F)cccc2Br)c1. The van der Waals surface area contributed by atoms with Gasteiger partial charge in [-0.05, 0) is 52.7 Å². The first-order valence-electron chi connectivity index (χ1n) is 5.15. The molecule has 2 aromatic carbocycles. The van der Waals surface area contributed by atoms with E-state index in [1.807, 2.05) is 19.1 Å². The van der Waals surface area contributed by atoms with Crippen LogP contribution in [0.4, 0.5) is 21.5 Å². The molecular formula is C13H12BrFN2. The lowest BCUT2D eigenvalue weighted by Gasteiger charge is -2.12. The monoisotopic (exact) mass is 294 g/mol. The second kappa shape index (κ2) is 4.75. The number of nitrogens with two attached hydrogens (primary N) is 1. The van der Waals surface area contributed by atoms with Crippen LogP contribution in [0.2, 0.25) is 0 Å². The van der Waals surface area contributed by atoms with Crippen molar-refractivity contribution < 1.29 is 4.39 Å². The Morgan fingerprint density at radius 1 is 1.24 bits per heavy atom. The Kier molecular flexibility index (Phi) is 3.33. The predicted octanol–water partition coefficient (Wildman–Crippen LogP) is 4.22. The van der Waals surface area contributed by atoms with Crippen LogP contribution >= 0.6 is 15.9 Å². The largest absolute Gasteiger partial charge is 0.397 e. The van der Waals surface area contributed by atoms with E-state index in [4.69, 9.17) is 5.73 Å². The van der Waals surface area contributed by atoms with Crippen molar-refractivity contribution in [2.24, 2.45) is 0 Å². The maximum Gasteiger partial charge on any atom is 0.147 e. The molecule has 17 heavy (non-hydrogen) atoms. The van der Waals surface area contributed by atoms with Gasteiger partial charge in [-0.1, -0.05) is 12.1 Å². The third-order valence-corrected chi connectivity index (χ3v) is 3.09.